The van der Waals surface area contributed by atoms with Gasteiger partial charge in [0.25, 0.3) is 0 Å². The smallest absolute Gasteiger partial charge is 0.355 e. The van der Waals surface area contributed by atoms with Crippen molar-refractivity contribution < 1.29 is 9.53 Å². The number of benzene rings is 1. The second kappa shape index (κ2) is 6.44. The molecule has 2 aromatic heterocycles. The number of nitrogens with one attached hydrogen (secondary N) is 2. The molecule has 0 aliphatic rings. The Kier molecular flexibility index (Phi) is 4.20. The van der Waals surface area contributed by atoms with Crippen molar-refractivity contribution in [2.75, 3.05) is 5.32 Å². The van der Waals surface area contributed by atoms with Gasteiger partial charge in [-0.2, -0.15) is 0 Å². The lowest BCUT2D eigenvalue weighted by molar-refractivity contribution is 0.0462. The molecular weight excluding hydrogens is 298 g/mol. The molecule has 0 atom stereocenters. The van der Waals surface area contributed by atoms with Crippen molar-refractivity contribution in [2.24, 2.45) is 0 Å². The maximum absolute atomic E-state index is 11.7. The number of H-pyrrole nitrogens is 1. The van der Waals surface area contributed by atoms with Crippen molar-refractivity contribution >= 4 is 28.1 Å². The number of esters is 1. The minimum Gasteiger partial charge on any atom is -0.454 e. The molecule has 0 unspecified atom stereocenters. The Bertz CT molecular complexity index is 748. The third-order valence-corrected chi connectivity index (χ3v) is 3.83. The van der Waals surface area contributed by atoms with Crippen molar-refractivity contribution in [3.63, 3.8) is 0 Å². The Labute approximate surface area is 132 Å². The number of hydrogen-bond donors (Lipinski definition) is 2. The summed E-state index contributed by atoms with van der Waals surface area (Å²) in [7, 11) is 0. The number of anilines is 2. The van der Waals surface area contributed by atoms with Gasteiger partial charge in [-0.15, -0.1) is 11.3 Å². The second-order valence-electron chi connectivity index (χ2n) is 4.79. The van der Waals surface area contributed by atoms with E-state index >= 15 is 0 Å². The van der Waals surface area contributed by atoms with Crippen LogP contribution in [0.4, 0.5) is 10.8 Å². The summed E-state index contributed by atoms with van der Waals surface area (Å²) in [5.74, 6) is -0.383. The van der Waals surface area contributed by atoms with Gasteiger partial charge >= 0.3 is 5.97 Å². The van der Waals surface area contributed by atoms with Gasteiger partial charge in [0.05, 0.1) is 5.69 Å². The van der Waals surface area contributed by atoms with Crippen LogP contribution in [0.2, 0.25) is 0 Å². The van der Waals surface area contributed by atoms with E-state index in [0.717, 1.165) is 16.5 Å². The standard InChI is InChI=1S/C16H15N3O2S/c1-11-4-6-12(7-5-11)18-16-19-13(10-22-16)9-21-15(20)14-3-2-8-17-14/h2-8,10,17H,9H2,1H3,(H,18,19). The molecule has 1 aromatic carbocycles. The number of carbonyl (C=O) groups is 1. The summed E-state index contributed by atoms with van der Waals surface area (Å²) in [4.78, 5) is 18.9. The molecule has 0 amide bonds. The summed E-state index contributed by atoms with van der Waals surface area (Å²) >= 11 is 1.48. The van der Waals surface area contributed by atoms with Crippen LogP contribution in [-0.2, 0) is 11.3 Å². The molecule has 0 radical (unpaired) electrons. The van der Waals surface area contributed by atoms with Crippen LogP contribution in [0.3, 0.4) is 0 Å². The highest BCUT2D eigenvalue weighted by Crippen LogP contribution is 2.21. The van der Waals surface area contributed by atoms with E-state index in [1.165, 1.54) is 16.9 Å². The number of carbonyl (C=O) groups excluding carboxylic acids is 1. The lowest BCUT2D eigenvalue weighted by atomic mass is 10.2. The summed E-state index contributed by atoms with van der Waals surface area (Å²) < 4.78 is 5.20. The van der Waals surface area contributed by atoms with Gasteiger partial charge < -0.3 is 15.0 Å². The zero-order chi connectivity index (χ0) is 15.4. The molecule has 5 nitrogen and oxygen atoms in total. The van der Waals surface area contributed by atoms with Gasteiger partial charge in [0, 0.05) is 17.3 Å². The third kappa shape index (κ3) is 3.53. The number of rotatable bonds is 5. The Hall–Kier alpha value is -2.60. The van der Waals surface area contributed by atoms with Gasteiger partial charge in [0.2, 0.25) is 0 Å². The van der Waals surface area contributed by atoms with E-state index in [-0.39, 0.29) is 12.6 Å². The highest BCUT2D eigenvalue weighted by atomic mass is 32.1. The highest BCUT2D eigenvalue weighted by molar-refractivity contribution is 7.13. The SMILES string of the molecule is Cc1ccc(Nc2nc(COC(=O)c3ccc[nH]3)cs2)cc1. The first-order valence-corrected chi connectivity index (χ1v) is 7.67. The average molecular weight is 313 g/mol. The zero-order valence-electron chi connectivity index (χ0n) is 12.0. The van der Waals surface area contributed by atoms with Crippen molar-refractivity contribution in [3.05, 3.63) is 64.9 Å². The van der Waals surface area contributed by atoms with Crippen LogP contribution < -0.4 is 5.32 Å². The molecule has 3 aromatic rings. The van der Waals surface area contributed by atoms with Crippen molar-refractivity contribution in [1.82, 2.24) is 9.97 Å². The molecule has 2 N–H and O–H groups in total. The summed E-state index contributed by atoms with van der Waals surface area (Å²) in [6, 6.07) is 11.5. The van der Waals surface area contributed by atoms with E-state index in [9.17, 15) is 4.79 Å². The fraction of sp³-hybridized carbons (Fsp3) is 0.125. The number of hydrogen-bond acceptors (Lipinski definition) is 5. The molecule has 112 valence electrons. The van der Waals surface area contributed by atoms with Gasteiger partial charge in [-0.1, -0.05) is 17.7 Å². The monoisotopic (exact) mass is 313 g/mol. The van der Waals surface area contributed by atoms with Crippen LogP contribution >= 0.6 is 11.3 Å². The molecule has 2 heterocycles. The van der Waals surface area contributed by atoms with Crippen LogP contribution in [0, 0.1) is 6.92 Å². The number of aryl methyl sites for hydroxylation is 1. The second-order valence-corrected chi connectivity index (χ2v) is 5.65. The van der Waals surface area contributed by atoms with Crippen LogP contribution in [0.25, 0.3) is 0 Å². The third-order valence-electron chi connectivity index (χ3n) is 3.02. The minimum atomic E-state index is -0.383. The molecule has 0 saturated heterocycles. The zero-order valence-corrected chi connectivity index (χ0v) is 12.8. The minimum absolute atomic E-state index is 0.157. The summed E-state index contributed by atoms with van der Waals surface area (Å²) in [5, 5.41) is 5.87. The van der Waals surface area contributed by atoms with Crippen molar-refractivity contribution in [3.8, 4) is 0 Å². The first-order chi connectivity index (χ1) is 10.7. The Balaban J connectivity index is 1.57. The molecule has 22 heavy (non-hydrogen) atoms. The molecular formula is C16H15N3O2S. The highest BCUT2D eigenvalue weighted by Gasteiger charge is 2.09. The number of nitrogens with zero attached hydrogens (tertiary/aromatic N) is 1. The molecule has 0 saturated carbocycles. The van der Waals surface area contributed by atoms with Crippen LogP contribution in [-0.4, -0.2) is 15.9 Å². The van der Waals surface area contributed by atoms with Crippen LogP contribution in [0.15, 0.2) is 48.0 Å². The van der Waals surface area contributed by atoms with Crippen molar-refractivity contribution in [1.29, 1.82) is 0 Å². The van der Waals surface area contributed by atoms with E-state index in [2.05, 4.69) is 15.3 Å². The Morgan fingerprint density at radius 2 is 2.14 bits per heavy atom. The number of aromatic amines is 1. The van der Waals surface area contributed by atoms with E-state index in [0.29, 0.717) is 5.69 Å². The Morgan fingerprint density at radius 3 is 2.86 bits per heavy atom. The van der Waals surface area contributed by atoms with E-state index < -0.39 is 0 Å². The first-order valence-electron chi connectivity index (χ1n) is 6.79. The van der Waals surface area contributed by atoms with Gasteiger partial charge in [-0.3, -0.25) is 0 Å². The molecule has 0 bridgehead atoms. The van der Waals surface area contributed by atoms with E-state index in [1.54, 1.807) is 18.3 Å². The van der Waals surface area contributed by atoms with Gasteiger partial charge in [0.1, 0.15) is 12.3 Å². The predicted molar refractivity (Wildman–Crippen MR) is 86.5 cm³/mol. The quantitative estimate of drug-likeness (QED) is 0.701. The molecule has 0 fully saturated rings. The number of thiazole rings is 1. The van der Waals surface area contributed by atoms with E-state index in [1.807, 2.05) is 36.6 Å². The molecule has 0 aliphatic carbocycles. The van der Waals surface area contributed by atoms with Gasteiger partial charge in [-0.05, 0) is 31.2 Å². The fourth-order valence-electron chi connectivity index (χ4n) is 1.87. The molecule has 3 rings (SSSR count). The molecule has 0 aliphatic heterocycles. The summed E-state index contributed by atoms with van der Waals surface area (Å²) in [6.07, 6.45) is 1.68. The largest absolute Gasteiger partial charge is 0.454 e. The van der Waals surface area contributed by atoms with E-state index in [4.69, 9.17) is 4.74 Å². The predicted octanol–water partition coefficient (Wildman–Crippen LogP) is 3.88. The average Bonchev–Trinajstić information content (AvgIpc) is 3.19. The first kappa shape index (κ1) is 14.3. The lowest BCUT2D eigenvalue weighted by Crippen LogP contribution is -2.05. The fourth-order valence-corrected chi connectivity index (χ4v) is 2.58. The lowest BCUT2D eigenvalue weighted by Gasteiger charge is -2.03. The van der Waals surface area contributed by atoms with Gasteiger partial charge in [-0.25, -0.2) is 9.78 Å². The summed E-state index contributed by atoms with van der Waals surface area (Å²) in [5.41, 5.74) is 3.35. The topological polar surface area (TPSA) is 67.0 Å². The normalized spacial score (nSPS) is 10.4. The molecule has 0 spiro atoms. The number of aromatic nitrogens is 2. The van der Waals surface area contributed by atoms with Crippen molar-refractivity contribution in [2.45, 2.75) is 13.5 Å². The number of ether oxygens (including phenoxy) is 1. The maximum atomic E-state index is 11.7. The van der Waals surface area contributed by atoms with Crippen LogP contribution in [0.5, 0.6) is 0 Å². The van der Waals surface area contributed by atoms with Crippen LogP contribution in [0.1, 0.15) is 21.7 Å². The maximum Gasteiger partial charge on any atom is 0.355 e. The molecule has 6 heteroatoms. The van der Waals surface area contributed by atoms with Gasteiger partial charge in [0.15, 0.2) is 5.13 Å². The summed E-state index contributed by atoms with van der Waals surface area (Å²) in [6.45, 7) is 2.20. The Morgan fingerprint density at radius 1 is 1.32 bits per heavy atom.